The zero-order valence-electron chi connectivity index (χ0n) is 18.9. The lowest BCUT2D eigenvalue weighted by Gasteiger charge is -2.32. The molecule has 1 aliphatic heterocycles. The molecule has 0 radical (unpaired) electrons. The maximum atomic E-state index is 12.9. The van der Waals surface area contributed by atoms with Crippen LogP contribution in [0.2, 0.25) is 5.15 Å². The summed E-state index contributed by atoms with van der Waals surface area (Å²) in [7, 11) is 1.51. The standard InChI is InChI=1S/C24H29ClN2O6/c1-23(26)12-32-21-16(23)11-20(27-22(21)25)24(2,30)7-6-17(29)13-4-5-18(19(8-13)31-3)33-15-9-14(28)10-15/h4-5,8,11,14-15,28,30H,6-7,9-10,12,26H2,1-3H3. The third-order valence-corrected chi connectivity index (χ3v) is 6.56. The van der Waals surface area contributed by atoms with Crippen LogP contribution in [-0.4, -0.2) is 46.9 Å². The number of nitrogens with two attached hydrogens (primary N) is 1. The van der Waals surface area contributed by atoms with Gasteiger partial charge in [0.15, 0.2) is 28.2 Å². The van der Waals surface area contributed by atoms with Crippen molar-refractivity contribution in [1.29, 1.82) is 0 Å². The fraction of sp³-hybridized carbons (Fsp3) is 0.500. The number of Topliss-reactive ketones (excluding diaryl/α,β-unsaturated/α-hetero) is 1. The molecule has 1 aliphatic carbocycles. The molecule has 2 atom stereocenters. The zero-order chi connectivity index (χ0) is 24.0. The molecule has 0 bridgehead atoms. The summed E-state index contributed by atoms with van der Waals surface area (Å²) in [6.07, 6.45) is 0.993. The number of ether oxygens (including phenoxy) is 3. The molecule has 178 valence electrons. The summed E-state index contributed by atoms with van der Waals surface area (Å²) >= 11 is 6.26. The Morgan fingerprint density at radius 2 is 2.09 bits per heavy atom. The summed E-state index contributed by atoms with van der Waals surface area (Å²) < 4.78 is 16.8. The van der Waals surface area contributed by atoms with E-state index in [9.17, 15) is 15.0 Å². The second-order valence-electron chi connectivity index (χ2n) is 9.31. The molecule has 4 N–H and O–H groups in total. The summed E-state index contributed by atoms with van der Waals surface area (Å²) in [5, 5.41) is 20.7. The van der Waals surface area contributed by atoms with Gasteiger partial charge in [-0.15, -0.1) is 0 Å². The Morgan fingerprint density at radius 3 is 2.76 bits per heavy atom. The van der Waals surface area contributed by atoms with Gasteiger partial charge in [-0.25, -0.2) is 4.98 Å². The van der Waals surface area contributed by atoms with Gasteiger partial charge >= 0.3 is 0 Å². The number of carbonyl (C=O) groups is 1. The highest BCUT2D eigenvalue weighted by atomic mass is 35.5. The highest BCUT2D eigenvalue weighted by molar-refractivity contribution is 6.31. The van der Waals surface area contributed by atoms with E-state index in [1.54, 1.807) is 31.2 Å². The minimum atomic E-state index is -1.40. The summed E-state index contributed by atoms with van der Waals surface area (Å²) in [4.78, 5) is 17.2. The number of rotatable bonds is 8. The fourth-order valence-electron chi connectivity index (χ4n) is 4.02. The van der Waals surface area contributed by atoms with Crippen molar-refractivity contribution in [2.45, 2.75) is 62.9 Å². The molecule has 2 unspecified atom stereocenters. The Bertz CT molecular complexity index is 1070. The van der Waals surface area contributed by atoms with E-state index in [-0.39, 0.29) is 42.6 Å². The first-order chi connectivity index (χ1) is 15.5. The van der Waals surface area contributed by atoms with Crippen LogP contribution in [0.15, 0.2) is 24.3 Å². The van der Waals surface area contributed by atoms with Crippen LogP contribution in [0.4, 0.5) is 0 Å². The predicted octanol–water partition coefficient (Wildman–Crippen LogP) is 3.08. The van der Waals surface area contributed by atoms with Gasteiger partial charge in [0.2, 0.25) is 0 Å². The normalized spacial score (nSPS) is 25.4. The number of pyridine rings is 1. The zero-order valence-corrected chi connectivity index (χ0v) is 19.7. The molecule has 1 aromatic carbocycles. The number of hydrogen-bond acceptors (Lipinski definition) is 8. The minimum Gasteiger partial charge on any atom is -0.493 e. The minimum absolute atomic E-state index is 0.0574. The van der Waals surface area contributed by atoms with E-state index in [0.717, 1.165) is 0 Å². The van der Waals surface area contributed by atoms with Gasteiger partial charge in [0, 0.05) is 30.4 Å². The number of carbonyl (C=O) groups excluding carboxylic acids is 1. The number of aliphatic hydroxyl groups excluding tert-OH is 1. The third-order valence-electron chi connectivity index (χ3n) is 6.30. The Morgan fingerprint density at radius 1 is 1.36 bits per heavy atom. The van der Waals surface area contributed by atoms with Crippen LogP contribution in [0.5, 0.6) is 17.2 Å². The molecule has 1 aromatic heterocycles. The summed E-state index contributed by atoms with van der Waals surface area (Å²) in [6, 6.07) is 6.69. The van der Waals surface area contributed by atoms with Crippen LogP contribution in [-0.2, 0) is 11.1 Å². The molecule has 2 aliphatic rings. The van der Waals surface area contributed by atoms with Crippen molar-refractivity contribution in [3.8, 4) is 17.2 Å². The number of methoxy groups -OCH3 is 1. The Kier molecular flexibility index (Phi) is 6.30. The first-order valence-electron chi connectivity index (χ1n) is 10.9. The lowest BCUT2D eigenvalue weighted by atomic mass is 9.89. The van der Waals surface area contributed by atoms with E-state index in [1.807, 2.05) is 6.92 Å². The number of benzene rings is 1. The van der Waals surface area contributed by atoms with Crippen LogP contribution >= 0.6 is 11.6 Å². The molecule has 2 aromatic rings. The van der Waals surface area contributed by atoms with E-state index in [1.165, 1.54) is 7.11 Å². The van der Waals surface area contributed by atoms with Gasteiger partial charge in [-0.1, -0.05) is 11.6 Å². The average molecular weight is 477 g/mol. The SMILES string of the molecule is COc1cc(C(=O)CCC(C)(O)c2cc3c(c(Cl)n2)OCC3(C)N)ccc1OC1CC(O)C1. The van der Waals surface area contributed by atoms with E-state index >= 15 is 0 Å². The van der Waals surface area contributed by atoms with Crippen LogP contribution in [0.25, 0.3) is 0 Å². The molecule has 8 nitrogen and oxygen atoms in total. The van der Waals surface area contributed by atoms with E-state index in [2.05, 4.69) is 4.98 Å². The van der Waals surface area contributed by atoms with Crippen molar-refractivity contribution < 1.29 is 29.2 Å². The Hall–Kier alpha value is -2.39. The second kappa shape index (κ2) is 8.76. The van der Waals surface area contributed by atoms with E-state index in [4.69, 9.17) is 31.5 Å². The maximum Gasteiger partial charge on any atom is 0.171 e. The molecule has 2 heterocycles. The number of halogens is 1. The molecule has 1 saturated carbocycles. The van der Waals surface area contributed by atoms with Gasteiger partial charge in [0.25, 0.3) is 0 Å². The average Bonchev–Trinajstić information content (AvgIpc) is 3.06. The lowest BCUT2D eigenvalue weighted by molar-refractivity contribution is -0.0118. The third kappa shape index (κ3) is 4.80. The second-order valence-corrected chi connectivity index (χ2v) is 9.67. The largest absolute Gasteiger partial charge is 0.493 e. The first-order valence-corrected chi connectivity index (χ1v) is 11.3. The number of ketones is 1. The first kappa shape index (κ1) is 23.8. The molecule has 0 amide bonds. The monoisotopic (exact) mass is 476 g/mol. The summed E-state index contributed by atoms with van der Waals surface area (Å²) in [5.74, 6) is 1.26. The molecule has 33 heavy (non-hydrogen) atoms. The van der Waals surface area contributed by atoms with Crippen molar-refractivity contribution in [2.24, 2.45) is 5.73 Å². The Labute approximate surface area is 197 Å². The number of aromatic nitrogens is 1. The van der Waals surface area contributed by atoms with Gasteiger partial charge in [-0.3, -0.25) is 4.79 Å². The molecule has 9 heteroatoms. The number of hydrogen-bond donors (Lipinski definition) is 3. The lowest BCUT2D eigenvalue weighted by Crippen LogP contribution is -2.37. The molecular formula is C24H29ClN2O6. The van der Waals surface area contributed by atoms with E-state index < -0.39 is 11.1 Å². The number of aliphatic hydroxyl groups is 2. The van der Waals surface area contributed by atoms with Gasteiger partial charge in [0.05, 0.1) is 24.4 Å². The van der Waals surface area contributed by atoms with Crippen LogP contribution in [0, 0.1) is 0 Å². The van der Waals surface area contributed by atoms with Crippen LogP contribution in [0.3, 0.4) is 0 Å². The van der Waals surface area contributed by atoms with Crippen molar-refractivity contribution in [3.05, 3.63) is 46.2 Å². The smallest absolute Gasteiger partial charge is 0.171 e. The fourth-order valence-corrected chi connectivity index (χ4v) is 4.27. The van der Waals surface area contributed by atoms with Crippen LogP contribution < -0.4 is 19.9 Å². The molecular weight excluding hydrogens is 448 g/mol. The van der Waals surface area contributed by atoms with Gasteiger partial charge in [-0.2, -0.15) is 0 Å². The molecule has 0 spiro atoms. The van der Waals surface area contributed by atoms with Crippen molar-refractivity contribution in [2.75, 3.05) is 13.7 Å². The quantitative estimate of drug-likeness (QED) is 0.392. The topological polar surface area (TPSA) is 124 Å². The van der Waals surface area contributed by atoms with Crippen molar-refractivity contribution in [1.82, 2.24) is 4.98 Å². The maximum absolute atomic E-state index is 12.9. The van der Waals surface area contributed by atoms with Crippen molar-refractivity contribution in [3.63, 3.8) is 0 Å². The number of nitrogens with zero attached hydrogens (tertiary/aromatic N) is 1. The van der Waals surface area contributed by atoms with Gasteiger partial charge < -0.3 is 30.2 Å². The molecule has 1 fully saturated rings. The highest BCUT2D eigenvalue weighted by Gasteiger charge is 2.38. The predicted molar refractivity (Wildman–Crippen MR) is 122 cm³/mol. The molecule has 0 saturated heterocycles. The number of fused-ring (bicyclic) bond motifs is 1. The van der Waals surface area contributed by atoms with E-state index in [0.29, 0.717) is 46.9 Å². The van der Waals surface area contributed by atoms with Crippen LogP contribution in [0.1, 0.15) is 61.1 Å². The summed E-state index contributed by atoms with van der Waals surface area (Å²) in [6.45, 7) is 3.70. The van der Waals surface area contributed by atoms with Gasteiger partial charge in [0.1, 0.15) is 18.3 Å². The Balaban J connectivity index is 1.45. The van der Waals surface area contributed by atoms with Gasteiger partial charge in [-0.05, 0) is 44.5 Å². The van der Waals surface area contributed by atoms with Crippen molar-refractivity contribution >= 4 is 17.4 Å². The molecule has 4 rings (SSSR count). The summed E-state index contributed by atoms with van der Waals surface area (Å²) in [5.41, 5.74) is 5.62. The highest BCUT2D eigenvalue weighted by Crippen LogP contribution is 2.42.